The fraction of sp³-hybridized carbons (Fsp3) is 0. The Hall–Kier alpha value is -1.48. The average molecular weight is 188 g/mol. The van der Waals surface area contributed by atoms with Gasteiger partial charge in [-0.1, -0.05) is 23.7 Å². The Kier molecular flexibility index (Phi) is 1.34. The molecule has 1 aromatic carbocycles. The normalized spacial score (nSPS) is 11.1. The van der Waals surface area contributed by atoms with Crippen molar-refractivity contribution in [3.63, 3.8) is 0 Å². The summed E-state index contributed by atoms with van der Waals surface area (Å²) >= 11 is 1.60. The van der Waals surface area contributed by atoms with Gasteiger partial charge in [0.15, 0.2) is 0 Å². The van der Waals surface area contributed by atoms with Crippen molar-refractivity contribution < 1.29 is 0 Å². The third-order valence-electron chi connectivity index (χ3n) is 2.20. The van der Waals surface area contributed by atoms with Crippen LogP contribution in [0.15, 0.2) is 42.0 Å². The maximum atomic E-state index is 3.28. The van der Waals surface area contributed by atoms with Crippen LogP contribution in [0.1, 0.15) is 0 Å². The molecule has 0 saturated carbocycles. The number of nitrogens with zero attached hydrogens (tertiary/aromatic N) is 1. The molecule has 13 heavy (non-hydrogen) atoms. The highest BCUT2D eigenvalue weighted by Gasteiger charge is 1.98. The Balaban J connectivity index is 2.75. The molecule has 0 radical (unpaired) electrons. The Morgan fingerprint density at radius 1 is 1.15 bits per heavy atom. The van der Waals surface area contributed by atoms with E-state index in [0.29, 0.717) is 0 Å². The molecule has 2 nitrogen and oxygen atoms in total. The van der Waals surface area contributed by atoms with E-state index in [1.54, 1.807) is 11.5 Å². The standard InChI is InChI=1S/C10H8N2S/c1-2-8-4-5-12-6-7-13-11-9(3-1)10(8)12/h1-7,11H. The second kappa shape index (κ2) is 2.50. The third-order valence-corrected chi connectivity index (χ3v) is 2.79. The van der Waals surface area contributed by atoms with Crippen LogP contribution in [0.25, 0.3) is 16.4 Å². The molecule has 0 fully saturated rings. The van der Waals surface area contributed by atoms with Gasteiger partial charge in [-0.2, -0.15) is 0 Å². The molecule has 0 atom stereocenters. The number of hydrogen-bond acceptors (Lipinski definition) is 1. The van der Waals surface area contributed by atoms with E-state index < -0.39 is 0 Å². The van der Waals surface area contributed by atoms with Gasteiger partial charge in [0.05, 0.1) is 11.0 Å². The maximum absolute atomic E-state index is 3.28. The van der Waals surface area contributed by atoms with E-state index in [2.05, 4.69) is 45.4 Å². The van der Waals surface area contributed by atoms with Crippen molar-refractivity contribution in [2.24, 2.45) is 0 Å². The van der Waals surface area contributed by atoms with Crippen molar-refractivity contribution in [3.8, 4) is 0 Å². The second-order valence-corrected chi connectivity index (χ2v) is 3.68. The van der Waals surface area contributed by atoms with Gasteiger partial charge in [-0.05, 0) is 12.1 Å². The van der Waals surface area contributed by atoms with Gasteiger partial charge >= 0.3 is 0 Å². The van der Waals surface area contributed by atoms with Crippen LogP contribution in [0, 0.1) is 0 Å². The smallest absolute Gasteiger partial charge is 0.0768 e. The van der Waals surface area contributed by atoms with Gasteiger partial charge in [-0.15, -0.1) is 0 Å². The Labute approximate surface area is 79.2 Å². The molecule has 0 spiro atoms. The number of hydrogen-bond donors (Lipinski definition) is 1. The summed E-state index contributed by atoms with van der Waals surface area (Å²) in [6.07, 6.45) is 4.15. The van der Waals surface area contributed by atoms with Crippen molar-refractivity contribution in [1.82, 2.24) is 8.77 Å². The lowest BCUT2D eigenvalue weighted by molar-refractivity contribution is 1.22. The van der Waals surface area contributed by atoms with E-state index in [1.807, 2.05) is 5.38 Å². The zero-order chi connectivity index (χ0) is 8.67. The van der Waals surface area contributed by atoms with Gasteiger partial charge in [0.1, 0.15) is 0 Å². The van der Waals surface area contributed by atoms with Crippen LogP contribution in [-0.2, 0) is 0 Å². The summed E-state index contributed by atoms with van der Waals surface area (Å²) in [5.41, 5.74) is 2.43. The van der Waals surface area contributed by atoms with Gasteiger partial charge in [-0.25, -0.2) is 0 Å². The topological polar surface area (TPSA) is 20.2 Å². The lowest BCUT2D eigenvalue weighted by Gasteiger charge is -1.92. The number of benzene rings is 1. The van der Waals surface area contributed by atoms with Crippen molar-refractivity contribution in [2.45, 2.75) is 0 Å². The molecule has 0 amide bonds. The third kappa shape index (κ3) is 0.939. The van der Waals surface area contributed by atoms with E-state index in [0.717, 1.165) is 0 Å². The van der Waals surface area contributed by atoms with Crippen molar-refractivity contribution in [3.05, 3.63) is 42.0 Å². The molecular weight excluding hydrogens is 180 g/mol. The number of rotatable bonds is 0. The van der Waals surface area contributed by atoms with Gasteiger partial charge < -0.3 is 8.77 Å². The number of para-hydroxylation sites is 1. The van der Waals surface area contributed by atoms with Crippen molar-refractivity contribution >= 4 is 28.0 Å². The molecule has 0 bridgehead atoms. The van der Waals surface area contributed by atoms with Crippen LogP contribution in [0.5, 0.6) is 0 Å². The van der Waals surface area contributed by atoms with Gasteiger partial charge in [-0.3, -0.25) is 0 Å². The lowest BCUT2D eigenvalue weighted by Crippen LogP contribution is -1.77. The summed E-state index contributed by atoms with van der Waals surface area (Å²) in [6, 6.07) is 8.42. The highest BCUT2D eigenvalue weighted by Crippen LogP contribution is 2.19. The molecule has 0 saturated heterocycles. The molecular formula is C10H8N2S. The minimum atomic E-state index is 1.18. The highest BCUT2D eigenvalue weighted by atomic mass is 32.1. The Morgan fingerprint density at radius 3 is 3.15 bits per heavy atom. The van der Waals surface area contributed by atoms with Crippen LogP contribution < -0.4 is 0 Å². The van der Waals surface area contributed by atoms with E-state index >= 15 is 0 Å². The van der Waals surface area contributed by atoms with Crippen LogP contribution in [0.3, 0.4) is 0 Å². The molecule has 2 aromatic heterocycles. The average Bonchev–Trinajstić information content (AvgIpc) is 2.44. The van der Waals surface area contributed by atoms with Gasteiger partial charge in [0.25, 0.3) is 0 Å². The molecule has 3 rings (SSSR count). The molecule has 3 aromatic rings. The summed E-state index contributed by atoms with van der Waals surface area (Å²) < 4.78 is 5.42. The quantitative estimate of drug-likeness (QED) is 0.559. The van der Waals surface area contributed by atoms with Crippen LogP contribution in [-0.4, -0.2) is 8.77 Å². The SMILES string of the molecule is c1cc2ccn3ccs[nH]c(c1)c23. The second-order valence-electron chi connectivity index (χ2n) is 2.97. The van der Waals surface area contributed by atoms with E-state index in [-0.39, 0.29) is 0 Å². The zero-order valence-electron chi connectivity index (χ0n) is 6.90. The largest absolute Gasteiger partial charge is 0.321 e. The number of aromatic amines is 1. The predicted octanol–water partition coefficient (Wildman–Crippen LogP) is 3.04. The Bertz CT molecular complexity index is 571. The molecule has 2 heterocycles. The van der Waals surface area contributed by atoms with Crippen molar-refractivity contribution in [1.29, 1.82) is 0 Å². The summed E-state index contributed by atoms with van der Waals surface area (Å²) in [4.78, 5) is 0. The fourth-order valence-electron chi connectivity index (χ4n) is 1.62. The van der Waals surface area contributed by atoms with Crippen LogP contribution in [0.4, 0.5) is 0 Å². The minimum absolute atomic E-state index is 1.18. The molecule has 0 unspecified atom stereocenters. The lowest BCUT2D eigenvalue weighted by atomic mass is 10.2. The first-order valence-electron chi connectivity index (χ1n) is 4.13. The molecule has 0 aliphatic rings. The number of aromatic nitrogens is 2. The molecule has 3 heteroatoms. The molecule has 1 N–H and O–H groups in total. The van der Waals surface area contributed by atoms with Crippen molar-refractivity contribution in [2.75, 3.05) is 0 Å². The number of H-pyrrole nitrogens is 1. The predicted molar refractivity (Wildman–Crippen MR) is 55.9 cm³/mol. The molecule has 0 aliphatic carbocycles. The van der Waals surface area contributed by atoms with E-state index in [1.165, 1.54) is 16.4 Å². The summed E-state index contributed by atoms with van der Waals surface area (Å²) in [6.45, 7) is 0. The monoisotopic (exact) mass is 188 g/mol. The summed E-state index contributed by atoms with van der Waals surface area (Å²) in [5.74, 6) is 0. The van der Waals surface area contributed by atoms with E-state index in [4.69, 9.17) is 0 Å². The molecule has 0 aliphatic heterocycles. The summed E-state index contributed by atoms with van der Waals surface area (Å²) in [5, 5.41) is 3.32. The highest BCUT2D eigenvalue weighted by molar-refractivity contribution is 7.03. The van der Waals surface area contributed by atoms with Crippen LogP contribution in [0.2, 0.25) is 0 Å². The van der Waals surface area contributed by atoms with Crippen LogP contribution >= 0.6 is 11.5 Å². The maximum Gasteiger partial charge on any atom is 0.0768 e. The fourth-order valence-corrected chi connectivity index (χ4v) is 2.17. The number of nitrogens with one attached hydrogen (secondary N) is 1. The first kappa shape index (κ1) is 6.97. The molecule has 64 valence electrons. The Morgan fingerprint density at radius 2 is 2.15 bits per heavy atom. The first-order valence-corrected chi connectivity index (χ1v) is 5.01. The van der Waals surface area contributed by atoms with Gasteiger partial charge in [0, 0.05) is 23.2 Å². The van der Waals surface area contributed by atoms with Gasteiger partial charge in [0.2, 0.25) is 0 Å². The minimum Gasteiger partial charge on any atom is -0.321 e. The van der Waals surface area contributed by atoms with E-state index in [9.17, 15) is 0 Å². The zero-order valence-corrected chi connectivity index (χ0v) is 7.71. The summed E-state index contributed by atoms with van der Waals surface area (Å²) in [7, 11) is 0. The first-order chi connectivity index (χ1) is 6.45.